The van der Waals surface area contributed by atoms with Gasteiger partial charge < -0.3 is 15.6 Å². The monoisotopic (exact) mass is 488 g/mol. The van der Waals surface area contributed by atoms with Crippen LogP contribution in [0.1, 0.15) is 15.9 Å². The number of H-pyrrole nitrogens is 1. The average molecular weight is 490 g/mol. The van der Waals surface area contributed by atoms with E-state index in [1.165, 1.54) is 0 Å². The van der Waals surface area contributed by atoms with Gasteiger partial charge in [0.05, 0.1) is 26.8 Å². The topological polar surface area (TPSA) is 69.8 Å². The van der Waals surface area contributed by atoms with Crippen molar-refractivity contribution in [2.45, 2.75) is 6.92 Å². The molecule has 1 aromatic heterocycles. The van der Waals surface area contributed by atoms with Crippen molar-refractivity contribution < 1.29 is 4.79 Å². The Hall–Kier alpha value is -2.54. The van der Waals surface area contributed by atoms with Crippen LogP contribution in [0.3, 0.4) is 0 Å². The summed E-state index contributed by atoms with van der Waals surface area (Å²) in [6.07, 6.45) is 0. The van der Waals surface area contributed by atoms with Crippen molar-refractivity contribution in [3.05, 3.63) is 80.2 Å². The normalized spacial score (nSPS) is 10.9. The first-order chi connectivity index (χ1) is 13.9. The second-order valence-corrected chi connectivity index (χ2v) is 8.16. The van der Waals surface area contributed by atoms with Crippen molar-refractivity contribution in [1.29, 1.82) is 0 Å². The highest BCUT2D eigenvalue weighted by Crippen LogP contribution is 2.35. The molecule has 0 fully saturated rings. The zero-order valence-electron chi connectivity index (χ0n) is 15.2. The van der Waals surface area contributed by atoms with Gasteiger partial charge in [0, 0.05) is 15.7 Å². The van der Waals surface area contributed by atoms with E-state index < -0.39 is 0 Å². The average Bonchev–Trinajstić information content (AvgIpc) is 3.11. The summed E-state index contributed by atoms with van der Waals surface area (Å²) in [5.41, 5.74) is 4.14. The third-order valence-electron chi connectivity index (χ3n) is 4.37. The molecule has 29 heavy (non-hydrogen) atoms. The highest BCUT2D eigenvalue weighted by molar-refractivity contribution is 9.10. The van der Waals surface area contributed by atoms with Crippen molar-refractivity contribution in [3.8, 4) is 0 Å². The lowest BCUT2D eigenvalue weighted by Crippen LogP contribution is -2.11. The molecule has 0 unspecified atom stereocenters. The van der Waals surface area contributed by atoms with Crippen LogP contribution >= 0.6 is 39.1 Å². The van der Waals surface area contributed by atoms with Crippen molar-refractivity contribution in [2.24, 2.45) is 0 Å². The first-order valence-corrected chi connectivity index (χ1v) is 10.2. The zero-order valence-corrected chi connectivity index (χ0v) is 18.3. The van der Waals surface area contributed by atoms with Crippen LogP contribution in [-0.2, 0) is 0 Å². The number of aryl methyl sites for hydroxylation is 1. The van der Waals surface area contributed by atoms with E-state index in [4.69, 9.17) is 23.2 Å². The predicted octanol–water partition coefficient (Wildman–Crippen LogP) is 6.94. The van der Waals surface area contributed by atoms with E-state index in [9.17, 15) is 4.79 Å². The van der Waals surface area contributed by atoms with Gasteiger partial charge in [-0.1, -0.05) is 45.2 Å². The van der Waals surface area contributed by atoms with Crippen LogP contribution in [0.4, 0.5) is 17.3 Å². The Kier molecular flexibility index (Phi) is 5.50. The van der Waals surface area contributed by atoms with Crippen LogP contribution in [0.2, 0.25) is 10.0 Å². The molecular weight excluding hydrogens is 475 g/mol. The molecule has 0 aliphatic carbocycles. The fourth-order valence-electron chi connectivity index (χ4n) is 2.83. The minimum absolute atomic E-state index is 0.212. The summed E-state index contributed by atoms with van der Waals surface area (Å²) in [5.74, 6) is 0.274. The molecule has 3 aromatic carbocycles. The molecule has 0 aliphatic rings. The minimum atomic E-state index is -0.212. The Morgan fingerprint density at radius 3 is 2.59 bits per heavy atom. The summed E-state index contributed by atoms with van der Waals surface area (Å²) in [6, 6.07) is 16.3. The summed E-state index contributed by atoms with van der Waals surface area (Å²) in [6.45, 7) is 1.90. The third kappa shape index (κ3) is 4.24. The second-order valence-electron chi connectivity index (χ2n) is 6.46. The lowest BCUT2D eigenvalue weighted by Gasteiger charge is -2.09. The number of nitrogens with one attached hydrogen (secondary N) is 3. The van der Waals surface area contributed by atoms with Gasteiger partial charge in [0.15, 0.2) is 0 Å². The lowest BCUT2D eigenvalue weighted by atomic mass is 10.2. The fraction of sp³-hybridized carbons (Fsp3) is 0.0476. The van der Waals surface area contributed by atoms with Crippen molar-refractivity contribution >= 4 is 73.4 Å². The van der Waals surface area contributed by atoms with Crippen molar-refractivity contribution in [1.82, 2.24) is 9.97 Å². The Bertz CT molecular complexity index is 1220. The number of imidazole rings is 1. The molecule has 3 N–H and O–H groups in total. The summed E-state index contributed by atoms with van der Waals surface area (Å²) in [5, 5.41) is 7.03. The predicted molar refractivity (Wildman–Crippen MR) is 123 cm³/mol. The van der Waals surface area contributed by atoms with Crippen LogP contribution in [0, 0.1) is 6.92 Å². The van der Waals surface area contributed by atoms with Crippen molar-refractivity contribution in [3.63, 3.8) is 0 Å². The van der Waals surface area contributed by atoms with Crippen LogP contribution in [0.25, 0.3) is 11.0 Å². The summed E-state index contributed by atoms with van der Waals surface area (Å²) >= 11 is 16.0. The Morgan fingerprint density at radius 2 is 1.83 bits per heavy atom. The van der Waals surface area contributed by atoms with E-state index in [0.717, 1.165) is 15.6 Å². The number of amides is 1. The highest BCUT2D eigenvalue weighted by atomic mass is 79.9. The van der Waals surface area contributed by atoms with Gasteiger partial charge in [-0.05, 0) is 61.0 Å². The SMILES string of the molecule is Cc1ccc(Cl)c(Nc2nc3cc(C(=O)Nc4ccc(Br)cc4)ccc3[nH]2)c1Cl. The van der Waals surface area contributed by atoms with Gasteiger partial charge in [-0.3, -0.25) is 4.79 Å². The van der Waals surface area contributed by atoms with Crippen LogP contribution in [-0.4, -0.2) is 15.9 Å². The molecule has 0 spiro atoms. The Morgan fingerprint density at radius 1 is 1.07 bits per heavy atom. The van der Waals surface area contributed by atoms with Crippen LogP contribution < -0.4 is 10.6 Å². The molecule has 4 aromatic rings. The van der Waals surface area contributed by atoms with E-state index >= 15 is 0 Å². The number of rotatable bonds is 4. The van der Waals surface area contributed by atoms with Gasteiger partial charge in [0.25, 0.3) is 5.91 Å². The largest absolute Gasteiger partial charge is 0.324 e. The maximum Gasteiger partial charge on any atom is 0.255 e. The number of aromatic amines is 1. The molecule has 1 heterocycles. The van der Waals surface area contributed by atoms with E-state index in [0.29, 0.717) is 38.4 Å². The molecule has 146 valence electrons. The zero-order chi connectivity index (χ0) is 20.5. The first kappa shape index (κ1) is 19.8. The number of anilines is 3. The number of fused-ring (bicyclic) bond motifs is 1. The van der Waals surface area contributed by atoms with Gasteiger partial charge in [0.2, 0.25) is 5.95 Å². The van der Waals surface area contributed by atoms with Crippen molar-refractivity contribution in [2.75, 3.05) is 10.6 Å². The number of carbonyl (C=O) groups is 1. The van der Waals surface area contributed by atoms with Gasteiger partial charge in [-0.25, -0.2) is 4.98 Å². The molecule has 4 rings (SSSR count). The van der Waals surface area contributed by atoms with Gasteiger partial charge >= 0.3 is 0 Å². The Balaban J connectivity index is 1.59. The van der Waals surface area contributed by atoms with Gasteiger partial charge in [-0.15, -0.1) is 0 Å². The van der Waals surface area contributed by atoms with Crippen LogP contribution in [0.5, 0.6) is 0 Å². The Labute approximate surface area is 185 Å². The number of aromatic nitrogens is 2. The maximum absolute atomic E-state index is 12.6. The molecule has 1 amide bonds. The number of halogens is 3. The molecule has 0 bridgehead atoms. The van der Waals surface area contributed by atoms with E-state index in [2.05, 4.69) is 36.5 Å². The van der Waals surface area contributed by atoms with E-state index in [1.54, 1.807) is 18.2 Å². The quantitative estimate of drug-likeness (QED) is 0.291. The lowest BCUT2D eigenvalue weighted by molar-refractivity contribution is 0.102. The second kappa shape index (κ2) is 8.06. The molecular formula is C21H15BrCl2N4O. The summed E-state index contributed by atoms with van der Waals surface area (Å²) in [4.78, 5) is 20.2. The highest BCUT2D eigenvalue weighted by Gasteiger charge is 2.13. The number of hydrogen-bond donors (Lipinski definition) is 3. The molecule has 0 atom stereocenters. The van der Waals surface area contributed by atoms with E-state index in [-0.39, 0.29) is 5.91 Å². The third-order valence-corrected chi connectivity index (χ3v) is 5.71. The van der Waals surface area contributed by atoms with E-state index in [1.807, 2.05) is 43.3 Å². The molecule has 8 heteroatoms. The van der Waals surface area contributed by atoms with Crippen LogP contribution in [0.15, 0.2) is 59.1 Å². The molecule has 0 saturated heterocycles. The molecule has 0 saturated carbocycles. The number of nitrogens with zero attached hydrogens (tertiary/aromatic N) is 1. The maximum atomic E-state index is 12.6. The minimum Gasteiger partial charge on any atom is -0.324 e. The summed E-state index contributed by atoms with van der Waals surface area (Å²) < 4.78 is 0.947. The molecule has 0 aliphatic heterocycles. The number of benzene rings is 3. The standard InChI is InChI=1S/C21H15BrCl2N4O/c1-11-2-8-15(23)19(18(11)24)28-21-26-16-9-3-12(10-17(16)27-21)20(29)25-14-6-4-13(22)5-7-14/h2-10H,1H3,(H,25,29)(H2,26,27,28). The molecule has 5 nitrogen and oxygen atoms in total. The number of carbonyl (C=O) groups excluding carboxylic acids is 1. The summed E-state index contributed by atoms with van der Waals surface area (Å²) in [7, 11) is 0. The van der Waals surface area contributed by atoms with Gasteiger partial charge in [-0.2, -0.15) is 0 Å². The smallest absolute Gasteiger partial charge is 0.255 e. The fourth-order valence-corrected chi connectivity index (χ4v) is 3.56. The van der Waals surface area contributed by atoms with Gasteiger partial charge in [0.1, 0.15) is 0 Å². The first-order valence-electron chi connectivity index (χ1n) is 8.69. The number of hydrogen-bond acceptors (Lipinski definition) is 3. The molecule has 0 radical (unpaired) electrons.